The average Bonchev–Trinajstić information content (AvgIpc) is 2.49. The van der Waals surface area contributed by atoms with Crippen LogP contribution in [0.2, 0.25) is 0 Å². The molecule has 16 heavy (non-hydrogen) atoms. The summed E-state index contributed by atoms with van der Waals surface area (Å²) in [7, 11) is 1.66. The average molecular weight is 240 g/mol. The van der Waals surface area contributed by atoms with Crippen molar-refractivity contribution in [1.82, 2.24) is 10.2 Å². The van der Waals surface area contributed by atoms with Gasteiger partial charge in [0, 0.05) is 26.1 Å². The molecule has 1 aliphatic heterocycles. The fourth-order valence-electron chi connectivity index (χ4n) is 1.54. The summed E-state index contributed by atoms with van der Waals surface area (Å²) in [5.74, 6) is 0.114. The number of alkyl halides is 3. The van der Waals surface area contributed by atoms with Gasteiger partial charge in [-0.15, -0.1) is 13.2 Å². The van der Waals surface area contributed by atoms with Crippen LogP contribution in [0.1, 0.15) is 6.42 Å². The first-order valence-corrected chi connectivity index (χ1v) is 5.04. The summed E-state index contributed by atoms with van der Waals surface area (Å²) in [6.45, 7) is 0.794. The van der Waals surface area contributed by atoms with Crippen molar-refractivity contribution >= 4 is 5.78 Å². The molecule has 0 aromatic rings. The Hall–Kier alpha value is -0.660. The molecular weight excluding hydrogens is 225 g/mol. The largest absolute Gasteiger partial charge is 0.522 e. The molecule has 0 radical (unpaired) electrons. The Kier molecular flexibility index (Phi) is 4.69. The van der Waals surface area contributed by atoms with E-state index in [2.05, 4.69) is 10.1 Å². The smallest absolute Gasteiger partial charge is 0.306 e. The molecule has 7 heteroatoms. The van der Waals surface area contributed by atoms with Gasteiger partial charge in [-0.3, -0.25) is 9.53 Å². The molecule has 4 nitrogen and oxygen atoms in total. The molecule has 1 unspecified atom stereocenters. The van der Waals surface area contributed by atoms with Crippen LogP contribution in [0.25, 0.3) is 0 Å². The van der Waals surface area contributed by atoms with E-state index in [1.165, 1.54) is 0 Å². The van der Waals surface area contributed by atoms with Gasteiger partial charge in [-0.25, -0.2) is 0 Å². The van der Waals surface area contributed by atoms with Crippen molar-refractivity contribution in [2.45, 2.75) is 18.8 Å². The van der Waals surface area contributed by atoms with Crippen LogP contribution in [0, 0.1) is 0 Å². The van der Waals surface area contributed by atoms with Gasteiger partial charge < -0.3 is 10.2 Å². The molecule has 0 spiro atoms. The third-order valence-corrected chi connectivity index (χ3v) is 2.38. The van der Waals surface area contributed by atoms with Gasteiger partial charge in [0.15, 0.2) is 5.78 Å². The highest BCUT2D eigenvalue weighted by Gasteiger charge is 2.29. The van der Waals surface area contributed by atoms with E-state index in [0.717, 1.165) is 0 Å². The predicted molar refractivity (Wildman–Crippen MR) is 50.9 cm³/mol. The van der Waals surface area contributed by atoms with E-state index < -0.39 is 13.0 Å². The lowest BCUT2D eigenvalue weighted by Crippen LogP contribution is -2.40. The fourth-order valence-corrected chi connectivity index (χ4v) is 1.54. The summed E-state index contributed by atoms with van der Waals surface area (Å²) in [5, 5.41) is 2.99. The normalized spacial score (nSPS) is 22.1. The van der Waals surface area contributed by atoms with Crippen molar-refractivity contribution in [3.8, 4) is 0 Å². The lowest BCUT2D eigenvalue weighted by molar-refractivity contribution is -0.324. The Morgan fingerprint density at radius 3 is 2.75 bits per heavy atom. The second kappa shape index (κ2) is 5.60. The molecule has 1 N–H and O–H groups in total. The predicted octanol–water partition coefficient (Wildman–Crippen LogP) is 0.386. The topological polar surface area (TPSA) is 41.6 Å². The van der Waals surface area contributed by atoms with Crippen molar-refractivity contribution in [1.29, 1.82) is 0 Å². The quantitative estimate of drug-likeness (QED) is 0.754. The van der Waals surface area contributed by atoms with Gasteiger partial charge in [0.05, 0.1) is 12.6 Å². The number of nitrogens with zero attached hydrogens (tertiary/aromatic N) is 1. The molecule has 1 aliphatic rings. The molecule has 0 aromatic heterocycles. The van der Waals surface area contributed by atoms with Gasteiger partial charge in [-0.1, -0.05) is 0 Å². The fraction of sp³-hybridized carbons (Fsp3) is 0.889. The van der Waals surface area contributed by atoms with E-state index >= 15 is 0 Å². The first-order chi connectivity index (χ1) is 7.38. The Bertz CT molecular complexity index is 245. The SMILES string of the molecule is CN(CCOC(F)(F)F)CC1NCCC1=O. The summed E-state index contributed by atoms with van der Waals surface area (Å²) < 4.78 is 38.6. The number of hydrogen-bond acceptors (Lipinski definition) is 4. The highest BCUT2D eigenvalue weighted by Crippen LogP contribution is 2.15. The monoisotopic (exact) mass is 240 g/mol. The molecular formula is C9H15F3N2O2. The minimum absolute atomic E-state index is 0.114. The minimum atomic E-state index is -4.58. The second-order valence-electron chi connectivity index (χ2n) is 3.78. The maximum absolute atomic E-state index is 11.7. The number of halogens is 3. The summed E-state index contributed by atoms with van der Waals surface area (Å²) in [6.07, 6.45) is -4.08. The lowest BCUT2D eigenvalue weighted by Gasteiger charge is -2.20. The maximum atomic E-state index is 11.7. The third kappa shape index (κ3) is 4.91. The van der Waals surface area contributed by atoms with Gasteiger partial charge in [-0.05, 0) is 7.05 Å². The Labute approximate surface area is 91.7 Å². The first kappa shape index (κ1) is 13.4. The molecule has 94 valence electrons. The van der Waals surface area contributed by atoms with Gasteiger partial charge in [-0.2, -0.15) is 0 Å². The number of ketones is 1. The van der Waals surface area contributed by atoms with Crippen LogP contribution in [0.15, 0.2) is 0 Å². The number of carbonyl (C=O) groups excluding carboxylic acids is 1. The van der Waals surface area contributed by atoms with Crippen molar-refractivity contribution in [2.75, 3.05) is 33.3 Å². The standard InChI is InChI=1S/C9H15F3N2O2/c1-14(4-5-16-9(10,11)12)6-7-8(15)2-3-13-7/h7,13H,2-6H2,1H3. The van der Waals surface area contributed by atoms with E-state index in [9.17, 15) is 18.0 Å². The summed E-state index contributed by atoms with van der Waals surface area (Å²) in [4.78, 5) is 12.9. The van der Waals surface area contributed by atoms with Gasteiger partial charge in [0.2, 0.25) is 0 Å². The van der Waals surface area contributed by atoms with Crippen molar-refractivity contribution < 1.29 is 22.7 Å². The van der Waals surface area contributed by atoms with Gasteiger partial charge in [0.25, 0.3) is 0 Å². The first-order valence-electron chi connectivity index (χ1n) is 5.04. The molecule has 1 rings (SSSR count). The molecule has 1 saturated heterocycles. The number of ether oxygens (including phenoxy) is 1. The van der Waals surface area contributed by atoms with Crippen LogP contribution in [0.3, 0.4) is 0 Å². The van der Waals surface area contributed by atoms with Gasteiger partial charge >= 0.3 is 6.36 Å². The van der Waals surface area contributed by atoms with Crippen molar-refractivity contribution in [2.24, 2.45) is 0 Å². The van der Waals surface area contributed by atoms with Crippen LogP contribution in [0.4, 0.5) is 13.2 Å². The van der Waals surface area contributed by atoms with E-state index in [1.54, 1.807) is 11.9 Å². The molecule has 1 atom stereocenters. The number of carbonyl (C=O) groups is 1. The van der Waals surface area contributed by atoms with Crippen LogP contribution in [0.5, 0.6) is 0 Å². The Morgan fingerprint density at radius 1 is 1.56 bits per heavy atom. The van der Waals surface area contributed by atoms with E-state index in [-0.39, 0.29) is 18.4 Å². The zero-order valence-corrected chi connectivity index (χ0v) is 9.01. The molecule has 0 aromatic carbocycles. The number of Topliss-reactive ketones (excluding diaryl/α,β-unsaturated/α-hetero) is 1. The van der Waals surface area contributed by atoms with E-state index in [0.29, 0.717) is 19.5 Å². The van der Waals surface area contributed by atoms with Crippen LogP contribution >= 0.6 is 0 Å². The minimum Gasteiger partial charge on any atom is -0.306 e. The van der Waals surface area contributed by atoms with E-state index in [1.807, 2.05) is 0 Å². The molecule has 0 bridgehead atoms. The highest BCUT2D eigenvalue weighted by atomic mass is 19.4. The van der Waals surface area contributed by atoms with Gasteiger partial charge in [0.1, 0.15) is 0 Å². The summed E-state index contributed by atoms with van der Waals surface area (Å²) in [5.41, 5.74) is 0. The van der Waals surface area contributed by atoms with Crippen molar-refractivity contribution in [3.05, 3.63) is 0 Å². The third-order valence-electron chi connectivity index (χ3n) is 2.38. The van der Waals surface area contributed by atoms with Crippen LogP contribution in [-0.4, -0.2) is 56.4 Å². The lowest BCUT2D eigenvalue weighted by atomic mass is 10.2. The number of rotatable bonds is 5. The zero-order valence-electron chi connectivity index (χ0n) is 9.01. The number of hydrogen-bond donors (Lipinski definition) is 1. The highest BCUT2D eigenvalue weighted by molar-refractivity contribution is 5.86. The summed E-state index contributed by atoms with van der Waals surface area (Å²) in [6, 6.07) is -0.254. The number of likely N-dealkylation sites (N-methyl/N-ethyl adjacent to an activating group) is 1. The molecule has 1 fully saturated rings. The zero-order chi connectivity index (χ0) is 12.2. The molecule has 1 heterocycles. The molecule has 0 amide bonds. The Morgan fingerprint density at radius 2 is 2.25 bits per heavy atom. The maximum Gasteiger partial charge on any atom is 0.522 e. The number of nitrogens with one attached hydrogen (secondary N) is 1. The summed E-state index contributed by atoms with van der Waals surface area (Å²) >= 11 is 0. The second-order valence-corrected chi connectivity index (χ2v) is 3.78. The Balaban J connectivity index is 2.15. The van der Waals surface area contributed by atoms with Crippen LogP contribution < -0.4 is 5.32 Å². The molecule has 0 saturated carbocycles. The van der Waals surface area contributed by atoms with E-state index in [4.69, 9.17) is 0 Å². The van der Waals surface area contributed by atoms with Crippen LogP contribution in [-0.2, 0) is 9.53 Å². The molecule has 0 aliphatic carbocycles. The van der Waals surface area contributed by atoms with Crippen molar-refractivity contribution in [3.63, 3.8) is 0 Å².